The number of hydrogen-bond acceptors (Lipinski definition) is 4. The fourth-order valence-corrected chi connectivity index (χ4v) is 3.69. The third-order valence-electron chi connectivity index (χ3n) is 5.69. The van der Waals surface area contributed by atoms with Crippen LogP contribution < -0.4 is 15.6 Å². The van der Waals surface area contributed by atoms with Crippen molar-refractivity contribution in [2.75, 3.05) is 19.0 Å². The van der Waals surface area contributed by atoms with Crippen LogP contribution in [0.1, 0.15) is 33.8 Å². The number of nitrogens with zero attached hydrogens (tertiary/aromatic N) is 2. The van der Waals surface area contributed by atoms with Crippen LogP contribution in [0.2, 0.25) is 0 Å². The van der Waals surface area contributed by atoms with Crippen LogP contribution in [-0.4, -0.2) is 34.6 Å². The van der Waals surface area contributed by atoms with E-state index in [9.17, 15) is 9.59 Å². The first kappa shape index (κ1) is 20.7. The minimum absolute atomic E-state index is 0.183. The van der Waals surface area contributed by atoms with Crippen LogP contribution in [0, 0.1) is 13.8 Å². The van der Waals surface area contributed by atoms with Crippen molar-refractivity contribution in [3.05, 3.63) is 86.6 Å². The quantitative estimate of drug-likeness (QED) is 0.678. The Balaban J connectivity index is 1.47. The van der Waals surface area contributed by atoms with E-state index in [2.05, 4.69) is 15.3 Å². The Morgan fingerprint density at radius 1 is 1.16 bits per heavy atom. The third-order valence-corrected chi connectivity index (χ3v) is 5.69. The Kier molecular flexibility index (Phi) is 5.75. The minimum atomic E-state index is -0.212. The number of anilines is 1. The number of hydrogen-bond donors (Lipinski definition) is 2. The van der Waals surface area contributed by atoms with Crippen LogP contribution in [0.25, 0.3) is 0 Å². The average molecular weight is 418 g/mol. The maximum absolute atomic E-state index is 12.7. The van der Waals surface area contributed by atoms with Crippen molar-refractivity contribution in [1.82, 2.24) is 14.9 Å². The van der Waals surface area contributed by atoms with Gasteiger partial charge in [-0.05, 0) is 54.8 Å². The number of ether oxygens (including phenoxy) is 1. The molecule has 0 saturated heterocycles. The number of nitrogens with one attached hydrogen (secondary N) is 2. The van der Waals surface area contributed by atoms with E-state index in [1.165, 1.54) is 5.56 Å². The minimum Gasteiger partial charge on any atom is -0.497 e. The molecule has 31 heavy (non-hydrogen) atoms. The van der Waals surface area contributed by atoms with Crippen molar-refractivity contribution >= 4 is 11.7 Å². The molecule has 3 aromatic rings. The fourth-order valence-electron chi connectivity index (χ4n) is 3.69. The zero-order valence-corrected chi connectivity index (χ0v) is 18.0. The predicted octanol–water partition coefficient (Wildman–Crippen LogP) is 3.58. The molecule has 1 aliphatic heterocycles. The highest BCUT2D eigenvalue weighted by Crippen LogP contribution is 2.19. The van der Waals surface area contributed by atoms with E-state index in [0.717, 1.165) is 28.3 Å². The Morgan fingerprint density at radius 3 is 2.65 bits per heavy atom. The smallest absolute Gasteiger partial charge is 0.322 e. The maximum Gasteiger partial charge on any atom is 0.322 e. The normalized spacial score (nSPS) is 12.9. The largest absolute Gasteiger partial charge is 0.497 e. The van der Waals surface area contributed by atoms with Gasteiger partial charge in [-0.3, -0.25) is 4.79 Å². The molecule has 2 N–H and O–H groups in total. The van der Waals surface area contributed by atoms with Gasteiger partial charge in [0.1, 0.15) is 11.6 Å². The molecule has 160 valence electrons. The average Bonchev–Trinajstić information content (AvgIpc) is 2.76. The number of aromatic amines is 1. The van der Waals surface area contributed by atoms with Gasteiger partial charge in [-0.15, -0.1) is 0 Å². The topological polar surface area (TPSA) is 87.3 Å². The molecule has 2 heterocycles. The van der Waals surface area contributed by atoms with Crippen molar-refractivity contribution in [1.29, 1.82) is 0 Å². The first-order valence-electron chi connectivity index (χ1n) is 10.3. The summed E-state index contributed by atoms with van der Waals surface area (Å²) < 4.78 is 5.18. The van der Waals surface area contributed by atoms with Gasteiger partial charge < -0.3 is 19.9 Å². The number of urea groups is 1. The van der Waals surface area contributed by atoms with Crippen LogP contribution in [0.4, 0.5) is 10.5 Å². The molecule has 0 bridgehead atoms. The lowest BCUT2D eigenvalue weighted by Crippen LogP contribution is -2.42. The summed E-state index contributed by atoms with van der Waals surface area (Å²) >= 11 is 0. The Labute approximate surface area is 181 Å². The second kappa shape index (κ2) is 8.63. The van der Waals surface area contributed by atoms with Gasteiger partial charge in [0, 0.05) is 25.1 Å². The van der Waals surface area contributed by atoms with Gasteiger partial charge in [0.25, 0.3) is 5.56 Å². The van der Waals surface area contributed by atoms with E-state index in [1.54, 1.807) is 12.0 Å². The number of amides is 2. The highest BCUT2D eigenvalue weighted by Gasteiger charge is 2.24. The van der Waals surface area contributed by atoms with E-state index in [1.807, 2.05) is 56.3 Å². The third kappa shape index (κ3) is 4.60. The SMILES string of the molecule is COc1ccc(Cc2nc3c(c(=O)[nH]2)CN(C(=O)Nc2ccc(C)c(C)c2)CC3)cc1. The zero-order valence-electron chi connectivity index (χ0n) is 18.0. The molecule has 0 saturated carbocycles. The molecule has 0 unspecified atom stereocenters. The van der Waals surface area contributed by atoms with Gasteiger partial charge in [-0.25, -0.2) is 9.78 Å². The summed E-state index contributed by atoms with van der Waals surface area (Å²) in [6, 6.07) is 13.3. The molecule has 4 rings (SSSR count). The van der Waals surface area contributed by atoms with Crippen LogP contribution in [-0.2, 0) is 19.4 Å². The van der Waals surface area contributed by atoms with Crippen LogP contribution in [0.5, 0.6) is 5.75 Å². The van der Waals surface area contributed by atoms with Crippen LogP contribution in [0.15, 0.2) is 47.3 Å². The molecule has 0 spiro atoms. The van der Waals surface area contributed by atoms with Crippen molar-refractivity contribution in [3.8, 4) is 5.75 Å². The first-order valence-corrected chi connectivity index (χ1v) is 10.3. The van der Waals surface area contributed by atoms with Gasteiger partial charge in [0.15, 0.2) is 0 Å². The number of benzene rings is 2. The summed E-state index contributed by atoms with van der Waals surface area (Å²) in [6.07, 6.45) is 1.08. The molecule has 7 nitrogen and oxygen atoms in total. The number of aromatic nitrogens is 2. The fraction of sp³-hybridized carbons (Fsp3) is 0.292. The van der Waals surface area contributed by atoms with Gasteiger partial charge in [0.2, 0.25) is 0 Å². The monoisotopic (exact) mass is 418 g/mol. The molecular formula is C24H26N4O3. The highest BCUT2D eigenvalue weighted by molar-refractivity contribution is 5.89. The van der Waals surface area contributed by atoms with E-state index < -0.39 is 0 Å². The second-order valence-corrected chi connectivity index (χ2v) is 7.86. The summed E-state index contributed by atoms with van der Waals surface area (Å²) in [5.74, 6) is 1.41. The lowest BCUT2D eigenvalue weighted by Gasteiger charge is -2.28. The Bertz CT molecular complexity index is 1170. The molecule has 1 aliphatic rings. The van der Waals surface area contributed by atoms with Crippen LogP contribution in [0.3, 0.4) is 0 Å². The van der Waals surface area contributed by atoms with E-state index in [-0.39, 0.29) is 18.1 Å². The van der Waals surface area contributed by atoms with Gasteiger partial charge in [-0.1, -0.05) is 18.2 Å². The second-order valence-electron chi connectivity index (χ2n) is 7.86. The lowest BCUT2D eigenvalue weighted by molar-refractivity contribution is 0.205. The molecular weight excluding hydrogens is 392 g/mol. The summed E-state index contributed by atoms with van der Waals surface area (Å²) in [7, 11) is 1.63. The van der Waals surface area contributed by atoms with Gasteiger partial charge >= 0.3 is 6.03 Å². The van der Waals surface area contributed by atoms with Gasteiger partial charge in [0.05, 0.1) is 24.9 Å². The van der Waals surface area contributed by atoms with E-state index in [4.69, 9.17) is 4.74 Å². The molecule has 7 heteroatoms. The maximum atomic E-state index is 12.7. The number of carbonyl (C=O) groups is 1. The van der Waals surface area contributed by atoms with E-state index >= 15 is 0 Å². The van der Waals surface area contributed by atoms with Crippen LogP contribution >= 0.6 is 0 Å². The Hall–Kier alpha value is -3.61. The molecule has 0 radical (unpaired) electrons. The number of methoxy groups -OCH3 is 1. The lowest BCUT2D eigenvalue weighted by atomic mass is 10.1. The van der Waals surface area contributed by atoms with Gasteiger partial charge in [-0.2, -0.15) is 0 Å². The van der Waals surface area contributed by atoms with E-state index in [0.29, 0.717) is 30.8 Å². The first-order chi connectivity index (χ1) is 14.9. The summed E-state index contributed by atoms with van der Waals surface area (Å²) in [5.41, 5.74) is 5.22. The molecule has 2 aromatic carbocycles. The molecule has 0 aliphatic carbocycles. The van der Waals surface area contributed by atoms with Crippen molar-refractivity contribution < 1.29 is 9.53 Å². The molecule has 2 amide bonds. The zero-order chi connectivity index (χ0) is 22.0. The number of carbonyl (C=O) groups excluding carboxylic acids is 1. The molecule has 0 atom stereocenters. The highest BCUT2D eigenvalue weighted by atomic mass is 16.5. The predicted molar refractivity (Wildman–Crippen MR) is 120 cm³/mol. The number of fused-ring (bicyclic) bond motifs is 1. The number of aryl methyl sites for hydroxylation is 2. The van der Waals surface area contributed by atoms with Crippen molar-refractivity contribution in [3.63, 3.8) is 0 Å². The van der Waals surface area contributed by atoms with Crippen molar-refractivity contribution in [2.24, 2.45) is 0 Å². The summed E-state index contributed by atoms with van der Waals surface area (Å²) in [5, 5.41) is 2.93. The molecule has 1 aromatic heterocycles. The van der Waals surface area contributed by atoms with Crippen molar-refractivity contribution in [2.45, 2.75) is 33.2 Å². The summed E-state index contributed by atoms with van der Waals surface area (Å²) in [4.78, 5) is 34.6. The molecule has 0 fully saturated rings. The number of rotatable bonds is 4. The number of H-pyrrole nitrogens is 1. The standard InChI is InChI=1S/C24H26N4O3/c1-15-4-7-18(12-16(15)2)25-24(30)28-11-10-21-20(14-28)23(29)27-22(26-21)13-17-5-8-19(31-3)9-6-17/h4-9,12H,10-11,13-14H2,1-3H3,(H,25,30)(H,26,27,29). The summed E-state index contributed by atoms with van der Waals surface area (Å²) in [6.45, 7) is 4.81. The Morgan fingerprint density at radius 2 is 1.94 bits per heavy atom.